The van der Waals surface area contributed by atoms with Crippen LogP contribution in [0.4, 0.5) is 0 Å². The van der Waals surface area contributed by atoms with Crippen LogP contribution in [0.1, 0.15) is 22.3 Å². The number of furan rings is 1. The molecule has 10 aromatic rings. The van der Waals surface area contributed by atoms with Gasteiger partial charge in [-0.15, -0.1) is 0 Å². The van der Waals surface area contributed by atoms with Crippen LogP contribution in [0.15, 0.2) is 223 Å². The van der Waals surface area contributed by atoms with Crippen LogP contribution in [-0.4, -0.2) is 9.97 Å². The van der Waals surface area contributed by atoms with Crippen LogP contribution in [-0.2, 0) is 5.41 Å². The maximum absolute atomic E-state index is 6.24. The topological polar surface area (TPSA) is 38.9 Å². The monoisotopic (exact) mass is 740 g/mol. The van der Waals surface area contributed by atoms with E-state index >= 15 is 0 Å². The molecule has 0 radical (unpaired) electrons. The van der Waals surface area contributed by atoms with Crippen molar-refractivity contribution in [3.8, 4) is 67.5 Å². The third-order valence-electron chi connectivity index (χ3n) is 11.6. The zero-order chi connectivity index (χ0) is 38.5. The molecule has 0 aliphatic heterocycles. The van der Waals surface area contributed by atoms with Crippen molar-refractivity contribution < 1.29 is 4.42 Å². The van der Waals surface area contributed by atoms with E-state index in [2.05, 4.69) is 200 Å². The van der Waals surface area contributed by atoms with Crippen LogP contribution in [0, 0.1) is 0 Å². The molecule has 0 unspecified atom stereocenters. The first-order valence-electron chi connectivity index (χ1n) is 19.7. The Morgan fingerprint density at radius 3 is 1.64 bits per heavy atom. The molecule has 11 rings (SSSR count). The quantitative estimate of drug-likeness (QED) is 0.163. The maximum Gasteiger partial charge on any atom is 0.161 e. The summed E-state index contributed by atoms with van der Waals surface area (Å²) in [7, 11) is 0. The predicted molar refractivity (Wildman–Crippen MR) is 236 cm³/mol. The van der Waals surface area contributed by atoms with E-state index in [1.54, 1.807) is 0 Å². The van der Waals surface area contributed by atoms with Crippen molar-refractivity contribution >= 4 is 11.0 Å². The summed E-state index contributed by atoms with van der Waals surface area (Å²) >= 11 is 0. The third-order valence-corrected chi connectivity index (χ3v) is 11.6. The minimum absolute atomic E-state index is 0.518. The minimum atomic E-state index is -0.518. The number of aromatic nitrogens is 2. The van der Waals surface area contributed by atoms with Gasteiger partial charge in [0.25, 0.3) is 0 Å². The normalized spacial score (nSPS) is 12.6. The highest BCUT2D eigenvalue weighted by molar-refractivity contribution is 5.96. The van der Waals surface area contributed by atoms with Crippen LogP contribution in [0.2, 0.25) is 0 Å². The van der Waals surface area contributed by atoms with Crippen molar-refractivity contribution in [1.29, 1.82) is 0 Å². The molecule has 0 spiro atoms. The summed E-state index contributed by atoms with van der Waals surface area (Å²) in [4.78, 5) is 10.8. The molecule has 58 heavy (non-hydrogen) atoms. The van der Waals surface area contributed by atoms with Gasteiger partial charge < -0.3 is 4.42 Å². The van der Waals surface area contributed by atoms with Gasteiger partial charge in [0.05, 0.1) is 16.8 Å². The predicted octanol–water partition coefficient (Wildman–Crippen LogP) is 13.9. The number of rotatable bonds is 7. The molecule has 0 bridgehead atoms. The first-order chi connectivity index (χ1) is 28.8. The van der Waals surface area contributed by atoms with Crippen LogP contribution >= 0.6 is 0 Å². The summed E-state index contributed by atoms with van der Waals surface area (Å²) in [5, 5.41) is 1.09. The Kier molecular flexibility index (Phi) is 8.04. The van der Waals surface area contributed by atoms with Gasteiger partial charge >= 0.3 is 0 Å². The molecule has 2 aromatic heterocycles. The first kappa shape index (κ1) is 33.7. The standard InChI is InChI=1S/C55H36N2O/c1-4-17-37(18-5-1)43-24-11-12-25-44(43)54-56-49(38-31-33-39(34-32-38)52-35-40-19-10-15-30-51(40)58-52)36-50(57-54)46-27-16-29-48-53(46)45-26-13-14-28-47(45)55(48,41-20-6-2-7-21-41)42-22-8-3-9-23-42/h1-36H. The molecule has 0 N–H and O–H groups in total. The molecule has 0 atom stereocenters. The van der Waals surface area contributed by atoms with E-state index in [1.165, 1.54) is 33.4 Å². The van der Waals surface area contributed by atoms with E-state index in [0.29, 0.717) is 5.82 Å². The lowest BCUT2D eigenvalue weighted by Crippen LogP contribution is -2.28. The van der Waals surface area contributed by atoms with Crippen molar-refractivity contribution in [3.05, 3.63) is 241 Å². The molecule has 0 saturated heterocycles. The molecule has 8 aromatic carbocycles. The fraction of sp³-hybridized carbons (Fsp3) is 0.0182. The molecule has 0 fully saturated rings. The lowest BCUT2D eigenvalue weighted by atomic mass is 9.67. The van der Waals surface area contributed by atoms with Gasteiger partial charge in [-0.2, -0.15) is 0 Å². The van der Waals surface area contributed by atoms with Crippen LogP contribution < -0.4 is 0 Å². The minimum Gasteiger partial charge on any atom is -0.456 e. The highest BCUT2D eigenvalue weighted by atomic mass is 16.3. The molecule has 1 aliphatic rings. The maximum atomic E-state index is 6.24. The van der Waals surface area contributed by atoms with Crippen LogP contribution in [0.25, 0.3) is 78.4 Å². The second-order valence-electron chi connectivity index (χ2n) is 14.9. The lowest BCUT2D eigenvalue weighted by molar-refractivity contribution is 0.631. The molecule has 3 heteroatoms. The second kappa shape index (κ2) is 13.8. The molecule has 272 valence electrons. The lowest BCUT2D eigenvalue weighted by Gasteiger charge is -2.33. The van der Waals surface area contributed by atoms with E-state index < -0.39 is 5.41 Å². The summed E-state index contributed by atoms with van der Waals surface area (Å²) in [6.07, 6.45) is 0. The number of para-hydroxylation sites is 1. The van der Waals surface area contributed by atoms with Crippen molar-refractivity contribution in [2.45, 2.75) is 5.41 Å². The summed E-state index contributed by atoms with van der Waals surface area (Å²) in [5.41, 5.74) is 15.7. The fourth-order valence-electron chi connectivity index (χ4n) is 9.04. The van der Waals surface area contributed by atoms with E-state index in [1.807, 2.05) is 18.2 Å². The average molecular weight is 741 g/mol. The average Bonchev–Trinajstić information content (AvgIpc) is 3.88. The number of fused-ring (bicyclic) bond motifs is 4. The molecule has 3 nitrogen and oxygen atoms in total. The highest BCUT2D eigenvalue weighted by Crippen LogP contribution is 2.58. The Balaban J connectivity index is 1.14. The van der Waals surface area contributed by atoms with Crippen LogP contribution in [0.3, 0.4) is 0 Å². The fourth-order valence-corrected chi connectivity index (χ4v) is 9.04. The Labute approximate surface area is 337 Å². The summed E-state index contributed by atoms with van der Waals surface area (Å²) in [6.45, 7) is 0. The first-order valence-corrected chi connectivity index (χ1v) is 19.7. The molecule has 0 saturated carbocycles. The zero-order valence-electron chi connectivity index (χ0n) is 31.6. The Morgan fingerprint density at radius 1 is 0.362 bits per heavy atom. The van der Waals surface area contributed by atoms with E-state index in [-0.39, 0.29) is 0 Å². The Bertz CT molecular complexity index is 3020. The third kappa shape index (κ3) is 5.43. The highest BCUT2D eigenvalue weighted by Gasteiger charge is 2.46. The van der Waals surface area contributed by atoms with Gasteiger partial charge in [-0.3, -0.25) is 0 Å². The van der Waals surface area contributed by atoms with Gasteiger partial charge in [0.2, 0.25) is 0 Å². The van der Waals surface area contributed by atoms with Crippen molar-refractivity contribution in [2.75, 3.05) is 0 Å². The number of benzene rings is 8. The van der Waals surface area contributed by atoms with Gasteiger partial charge in [-0.1, -0.05) is 200 Å². The summed E-state index contributed by atoms with van der Waals surface area (Å²) in [6, 6.07) is 77.4. The van der Waals surface area contributed by atoms with Gasteiger partial charge in [0, 0.05) is 27.6 Å². The van der Waals surface area contributed by atoms with Crippen molar-refractivity contribution in [3.63, 3.8) is 0 Å². The second-order valence-corrected chi connectivity index (χ2v) is 14.9. The Morgan fingerprint density at radius 2 is 0.914 bits per heavy atom. The zero-order valence-corrected chi connectivity index (χ0v) is 31.6. The number of hydrogen-bond acceptors (Lipinski definition) is 3. The summed E-state index contributed by atoms with van der Waals surface area (Å²) in [5.74, 6) is 1.52. The molecule has 2 heterocycles. The van der Waals surface area contributed by atoms with Gasteiger partial charge in [-0.05, 0) is 62.7 Å². The van der Waals surface area contributed by atoms with Crippen molar-refractivity contribution in [2.24, 2.45) is 0 Å². The Hall–Kier alpha value is -7.62. The van der Waals surface area contributed by atoms with E-state index in [0.717, 1.165) is 61.5 Å². The summed E-state index contributed by atoms with van der Waals surface area (Å²) < 4.78 is 6.24. The largest absolute Gasteiger partial charge is 0.456 e. The van der Waals surface area contributed by atoms with E-state index in [9.17, 15) is 0 Å². The number of nitrogens with zero attached hydrogens (tertiary/aromatic N) is 2. The van der Waals surface area contributed by atoms with Crippen molar-refractivity contribution in [1.82, 2.24) is 9.97 Å². The molecule has 1 aliphatic carbocycles. The number of hydrogen-bond donors (Lipinski definition) is 0. The smallest absolute Gasteiger partial charge is 0.161 e. The van der Waals surface area contributed by atoms with E-state index in [4.69, 9.17) is 14.4 Å². The molecular weight excluding hydrogens is 705 g/mol. The van der Waals surface area contributed by atoms with Gasteiger partial charge in [0.15, 0.2) is 5.82 Å². The SMILES string of the molecule is c1ccc(-c2ccccc2-c2nc(-c3ccc(-c4cc5ccccc5o4)cc3)cc(-c3cccc4c3-c3ccccc3C4(c3ccccc3)c3ccccc3)n2)cc1. The van der Waals surface area contributed by atoms with Gasteiger partial charge in [0.1, 0.15) is 11.3 Å². The molecular formula is C55H36N2O. The molecule has 0 amide bonds. The van der Waals surface area contributed by atoms with Gasteiger partial charge in [-0.25, -0.2) is 9.97 Å². The van der Waals surface area contributed by atoms with Crippen LogP contribution in [0.5, 0.6) is 0 Å².